The molecule has 3 nitrogen and oxygen atoms in total. The molecule has 0 saturated carbocycles. The van der Waals surface area contributed by atoms with Gasteiger partial charge in [0.2, 0.25) is 0 Å². The van der Waals surface area contributed by atoms with Crippen LogP contribution < -0.4 is 5.32 Å². The first kappa shape index (κ1) is 13.0. The topological polar surface area (TPSA) is 32.3 Å². The summed E-state index contributed by atoms with van der Waals surface area (Å²) in [5.74, 6) is -0.526. The van der Waals surface area contributed by atoms with E-state index in [2.05, 4.69) is 5.32 Å². The molecule has 0 bridgehead atoms. The van der Waals surface area contributed by atoms with Crippen LogP contribution >= 0.6 is 34.2 Å². The predicted molar refractivity (Wildman–Crippen MR) is 72.9 cm³/mol. The van der Waals surface area contributed by atoms with Gasteiger partial charge < -0.3 is 10.2 Å². The fourth-order valence-electron chi connectivity index (χ4n) is 1.72. The zero-order valence-corrected chi connectivity index (χ0v) is 11.9. The Hall–Kier alpha value is -0.400. The third-order valence-corrected chi connectivity index (χ3v) is 3.78. The first-order valence-electron chi connectivity index (χ1n) is 5.24. The van der Waals surface area contributed by atoms with Crippen molar-refractivity contribution in [2.24, 2.45) is 0 Å². The van der Waals surface area contributed by atoms with Crippen molar-refractivity contribution < 1.29 is 9.18 Å². The number of hydrogen-bond acceptors (Lipinski definition) is 2. The highest BCUT2D eigenvalue weighted by Gasteiger charge is 2.21. The molecule has 0 aliphatic carbocycles. The van der Waals surface area contributed by atoms with Gasteiger partial charge in [0, 0.05) is 29.7 Å². The van der Waals surface area contributed by atoms with Crippen molar-refractivity contribution >= 4 is 40.1 Å². The van der Waals surface area contributed by atoms with Gasteiger partial charge in [0.1, 0.15) is 5.82 Å². The Labute approximate surface area is 117 Å². The summed E-state index contributed by atoms with van der Waals surface area (Å²) in [4.78, 5) is 13.9. The average Bonchev–Trinajstić information content (AvgIpc) is 2.34. The highest BCUT2D eigenvalue weighted by Crippen LogP contribution is 2.23. The Morgan fingerprint density at radius 1 is 1.41 bits per heavy atom. The number of rotatable bonds is 1. The number of carbonyl (C=O) groups is 1. The van der Waals surface area contributed by atoms with Crippen LogP contribution in [0.1, 0.15) is 10.4 Å². The Bertz CT molecular complexity index is 449. The first-order chi connectivity index (χ1) is 8.09. The second-order valence-corrected chi connectivity index (χ2v) is 5.36. The summed E-state index contributed by atoms with van der Waals surface area (Å²) in [5, 5.41) is 3.34. The average molecular weight is 369 g/mol. The molecule has 0 aromatic heterocycles. The maximum absolute atomic E-state index is 13.2. The van der Waals surface area contributed by atoms with Crippen molar-refractivity contribution in [3.8, 4) is 0 Å². The van der Waals surface area contributed by atoms with Crippen LogP contribution in [0.2, 0.25) is 5.02 Å². The Morgan fingerprint density at radius 2 is 2.06 bits per heavy atom. The van der Waals surface area contributed by atoms with Crippen molar-refractivity contribution in [1.29, 1.82) is 0 Å². The lowest BCUT2D eigenvalue weighted by Crippen LogP contribution is -2.46. The highest BCUT2D eigenvalue weighted by molar-refractivity contribution is 14.1. The molecule has 2 rings (SSSR count). The number of piperazine rings is 1. The van der Waals surface area contributed by atoms with Crippen LogP contribution in [0.4, 0.5) is 4.39 Å². The van der Waals surface area contributed by atoms with E-state index in [0.717, 1.165) is 13.1 Å². The molecule has 6 heteroatoms. The molecule has 0 radical (unpaired) electrons. The van der Waals surface area contributed by atoms with Gasteiger partial charge in [-0.15, -0.1) is 0 Å². The molecule has 0 unspecified atom stereocenters. The molecule has 1 heterocycles. The minimum Gasteiger partial charge on any atom is -0.336 e. The molecule has 0 spiro atoms. The maximum atomic E-state index is 13.2. The molecule has 0 atom stereocenters. The summed E-state index contributed by atoms with van der Waals surface area (Å²) in [5.41, 5.74) is 0.374. The molecule has 1 fully saturated rings. The van der Waals surface area contributed by atoms with Crippen LogP contribution in [0.5, 0.6) is 0 Å². The molecule has 1 aromatic carbocycles. The zero-order chi connectivity index (χ0) is 12.4. The molecule has 1 aliphatic heterocycles. The highest BCUT2D eigenvalue weighted by atomic mass is 127. The van der Waals surface area contributed by atoms with Gasteiger partial charge in [0.15, 0.2) is 0 Å². The lowest BCUT2D eigenvalue weighted by Gasteiger charge is -2.27. The molecule has 1 saturated heterocycles. The van der Waals surface area contributed by atoms with Gasteiger partial charge in [-0.3, -0.25) is 4.79 Å². The summed E-state index contributed by atoms with van der Waals surface area (Å²) < 4.78 is 13.6. The SMILES string of the molecule is O=C(c1cc(I)c(F)cc1Cl)N1CCNCC1. The van der Waals surface area contributed by atoms with Crippen LogP contribution in [-0.4, -0.2) is 37.0 Å². The number of carbonyl (C=O) groups excluding carboxylic acids is 1. The van der Waals surface area contributed by atoms with E-state index in [1.165, 1.54) is 12.1 Å². The van der Waals surface area contributed by atoms with Gasteiger partial charge in [0.05, 0.1) is 10.6 Å². The summed E-state index contributed by atoms with van der Waals surface area (Å²) in [6, 6.07) is 2.70. The van der Waals surface area contributed by atoms with Crippen LogP contribution in [0.3, 0.4) is 0 Å². The largest absolute Gasteiger partial charge is 0.336 e. The molecule has 1 aromatic rings. The molecule has 1 amide bonds. The lowest BCUT2D eigenvalue weighted by molar-refractivity contribution is 0.0736. The van der Waals surface area contributed by atoms with Crippen molar-refractivity contribution in [1.82, 2.24) is 10.2 Å². The van der Waals surface area contributed by atoms with Crippen LogP contribution in [0.25, 0.3) is 0 Å². The monoisotopic (exact) mass is 368 g/mol. The van der Waals surface area contributed by atoms with Crippen LogP contribution in [0.15, 0.2) is 12.1 Å². The maximum Gasteiger partial charge on any atom is 0.255 e. The molecule has 92 valence electrons. The van der Waals surface area contributed by atoms with Crippen LogP contribution in [-0.2, 0) is 0 Å². The Morgan fingerprint density at radius 3 is 2.71 bits per heavy atom. The minimum absolute atomic E-state index is 0.130. The quantitative estimate of drug-likeness (QED) is 0.608. The first-order valence-corrected chi connectivity index (χ1v) is 6.70. The molecule has 1 aliphatic rings. The van der Waals surface area contributed by atoms with Crippen LogP contribution in [0, 0.1) is 9.39 Å². The normalized spacial score (nSPS) is 16.1. The summed E-state index contributed by atoms with van der Waals surface area (Å²) >= 11 is 7.76. The van der Waals surface area contributed by atoms with Gasteiger partial charge in [-0.1, -0.05) is 11.6 Å². The molecule has 1 N–H and O–H groups in total. The van der Waals surface area contributed by atoms with Crippen molar-refractivity contribution in [3.05, 3.63) is 32.1 Å². The standard InChI is InChI=1S/C11H11ClFIN2O/c12-8-6-9(13)10(14)5-7(8)11(17)16-3-1-15-2-4-16/h5-6,15H,1-4H2. The number of benzene rings is 1. The summed E-state index contributed by atoms with van der Waals surface area (Å²) in [6.07, 6.45) is 0. The van der Waals surface area contributed by atoms with E-state index in [1.54, 1.807) is 4.90 Å². The van der Waals surface area contributed by atoms with Gasteiger partial charge >= 0.3 is 0 Å². The number of nitrogens with one attached hydrogen (secondary N) is 1. The van der Waals surface area contributed by atoms with E-state index in [4.69, 9.17) is 11.6 Å². The number of hydrogen-bond donors (Lipinski definition) is 1. The molecular formula is C11H11ClFIN2O. The Balaban J connectivity index is 2.26. The summed E-state index contributed by atoms with van der Waals surface area (Å²) in [6.45, 7) is 2.87. The Kier molecular flexibility index (Phi) is 4.22. The van der Waals surface area contributed by atoms with Gasteiger partial charge in [-0.2, -0.15) is 0 Å². The zero-order valence-electron chi connectivity index (χ0n) is 8.97. The van der Waals surface area contributed by atoms with Gasteiger partial charge in [-0.25, -0.2) is 4.39 Å². The minimum atomic E-state index is -0.396. The van der Waals surface area contributed by atoms with Gasteiger partial charge in [0.25, 0.3) is 5.91 Å². The summed E-state index contributed by atoms with van der Waals surface area (Å²) in [7, 11) is 0. The lowest BCUT2D eigenvalue weighted by atomic mass is 10.2. The van der Waals surface area contributed by atoms with E-state index in [9.17, 15) is 9.18 Å². The van der Waals surface area contributed by atoms with E-state index < -0.39 is 5.82 Å². The number of nitrogens with zero attached hydrogens (tertiary/aromatic N) is 1. The van der Waals surface area contributed by atoms with E-state index >= 15 is 0 Å². The second kappa shape index (κ2) is 5.49. The van der Waals surface area contributed by atoms with E-state index in [0.29, 0.717) is 22.2 Å². The second-order valence-electron chi connectivity index (χ2n) is 3.79. The smallest absolute Gasteiger partial charge is 0.255 e. The molecular weight excluding hydrogens is 357 g/mol. The number of amides is 1. The van der Waals surface area contributed by atoms with Crippen molar-refractivity contribution in [2.75, 3.05) is 26.2 Å². The fourth-order valence-corrected chi connectivity index (χ4v) is 2.42. The van der Waals surface area contributed by atoms with E-state index in [1.807, 2.05) is 22.6 Å². The van der Waals surface area contributed by atoms with Crippen molar-refractivity contribution in [2.45, 2.75) is 0 Å². The fraction of sp³-hybridized carbons (Fsp3) is 0.364. The van der Waals surface area contributed by atoms with E-state index in [-0.39, 0.29) is 10.9 Å². The number of halogens is 3. The van der Waals surface area contributed by atoms with Gasteiger partial charge in [-0.05, 0) is 34.7 Å². The predicted octanol–water partition coefficient (Wildman–Crippen LogP) is 2.13. The van der Waals surface area contributed by atoms with Crippen molar-refractivity contribution in [3.63, 3.8) is 0 Å². The third-order valence-electron chi connectivity index (χ3n) is 2.64. The third kappa shape index (κ3) is 2.89. The molecule has 17 heavy (non-hydrogen) atoms.